The molecule has 0 unspecified atom stereocenters. The van der Waals surface area contributed by atoms with E-state index in [4.69, 9.17) is 0 Å². The highest BCUT2D eigenvalue weighted by atomic mass is 16.1. The van der Waals surface area contributed by atoms with Crippen molar-refractivity contribution in [2.24, 2.45) is 0 Å². The first kappa shape index (κ1) is 12.6. The van der Waals surface area contributed by atoms with Crippen molar-refractivity contribution >= 4 is 22.5 Å². The third kappa shape index (κ3) is 3.29. The minimum absolute atomic E-state index is 0. The summed E-state index contributed by atoms with van der Waals surface area (Å²) in [6.45, 7) is 2.13. The summed E-state index contributed by atoms with van der Waals surface area (Å²) >= 11 is 0. The monoisotopic (exact) mass is 244 g/mol. The lowest BCUT2D eigenvalue weighted by atomic mass is 10.2. The minimum atomic E-state index is 0. The Morgan fingerprint density at radius 2 is 2.22 bits per heavy atom. The summed E-state index contributed by atoms with van der Waals surface area (Å²) in [5.74, 6) is 0.0822. The highest BCUT2D eigenvalue weighted by molar-refractivity contribution is 5.93. The Morgan fingerprint density at radius 3 is 3.06 bits per heavy atom. The van der Waals surface area contributed by atoms with Gasteiger partial charge >= 0.3 is 0 Å². The van der Waals surface area contributed by atoms with E-state index in [9.17, 15) is 4.79 Å². The molecule has 0 saturated heterocycles. The zero-order valence-corrected chi connectivity index (χ0v) is 10.6. The number of amides is 1. The second kappa shape index (κ2) is 6.15. The van der Waals surface area contributed by atoms with E-state index in [0.717, 1.165) is 35.9 Å². The number of pyridine rings is 1. The maximum absolute atomic E-state index is 11.7. The van der Waals surface area contributed by atoms with Crippen LogP contribution in [0.4, 0.5) is 5.69 Å². The van der Waals surface area contributed by atoms with Gasteiger partial charge in [-0.15, -0.1) is 0 Å². The molecule has 1 amide bonds. The predicted octanol–water partition coefficient (Wildman–Crippen LogP) is 4.00. The molecule has 18 heavy (non-hydrogen) atoms. The fourth-order valence-corrected chi connectivity index (χ4v) is 1.90. The van der Waals surface area contributed by atoms with Gasteiger partial charge < -0.3 is 5.32 Å². The Hall–Kier alpha value is -1.90. The third-order valence-corrected chi connectivity index (χ3v) is 2.90. The van der Waals surface area contributed by atoms with Crippen molar-refractivity contribution < 1.29 is 6.22 Å². The van der Waals surface area contributed by atoms with Gasteiger partial charge in [-0.2, -0.15) is 0 Å². The Kier molecular flexibility index (Phi) is 4.29. The highest BCUT2D eigenvalue weighted by Gasteiger charge is 2.02. The van der Waals surface area contributed by atoms with Crippen molar-refractivity contribution in [2.45, 2.75) is 32.6 Å². The van der Waals surface area contributed by atoms with Gasteiger partial charge in [0.1, 0.15) is 0 Å². The van der Waals surface area contributed by atoms with Gasteiger partial charge in [-0.3, -0.25) is 9.78 Å². The zero-order chi connectivity index (χ0) is 12.8. The van der Waals surface area contributed by atoms with Crippen LogP contribution in [0, 0.1) is 0 Å². The molecule has 0 atom stereocenters. The molecule has 3 heteroatoms. The van der Waals surface area contributed by atoms with Crippen LogP contribution in [0.15, 0.2) is 36.5 Å². The van der Waals surface area contributed by atoms with Crippen LogP contribution in [-0.4, -0.2) is 10.9 Å². The molecule has 2 aromatic rings. The zero-order valence-electron chi connectivity index (χ0n) is 10.6. The van der Waals surface area contributed by atoms with E-state index in [0.29, 0.717) is 6.42 Å². The Morgan fingerprint density at radius 1 is 1.33 bits per heavy atom. The predicted molar refractivity (Wildman–Crippen MR) is 76.6 cm³/mol. The van der Waals surface area contributed by atoms with Crippen LogP contribution in [0.1, 0.15) is 34.0 Å². The molecule has 1 heterocycles. The fourth-order valence-electron chi connectivity index (χ4n) is 1.90. The number of hydrogen-bond donors (Lipinski definition) is 1. The normalized spacial score (nSPS) is 10.5. The van der Waals surface area contributed by atoms with Gasteiger partial charge in [0.2, 0.25) is 5.91 Å². The molecule has 0 radical (unpaired) electrons. The number of nitrogens with one attached hydrogen (secondary N) is 1. The summed E-state index contributed by atoms with van der Waals surface area (Å²) in [4.78, 5) is 16.0. The first-order valence-electron chi connectivity index (χ1n) is 6.44. The smallest absolute Gasteiger partial charge is 0.224 e. The molecular weight excluding hydrogens is 224 g/mol. The SMILES string of the molecule is CCCCCC(=O)Nc1ccc2cccnc2c1.[HH]. The van der Waals surface area contributed by atoms with Crippen LogP contribution < -0.4 is 5.32 Å². The van der Waals surface area contributed by atoms with Crippen LogP contribution in [0.25, 0.3) is 10.9 Å². The maximum atomic E-state index is 11.7. The van der Waals surface area contributed by atoms with E-state index >= 15 is 0 Å². The van der Waals surface area contributed by atoms with Crippen LogP contribution in [0.2, 0.25) is 0 Å². The standard InChI is InChI=1S/C15H18N2O.H2/c1-2-3-4-7-15(18)17-13-9-8-12-6-5-10-16-14(12)11-13;/h5-6,8-11H,2-4,7H2,1H3,(H,17,18);1H. The third-order valence-electron chi connectivity index (χ3n) is 2.90. The lowest BCUT2D eigenvalue weighted by Crippen LogP contribution is -2.10. The fraction of sp³-hybridized carbons (Fsp3) is 0.333. The number of carbonyl (C=O) groups excluding carboxylic acids is 1. The lowest BCUT2D eigenvalue weighted by molar-refractivity contribution is -0.116. The van der Waals surface area contributed by atoms with Crippen LogP contribution >= 0.6 is 0 Å². The first-order valence-corrected chi connectivity index (χ1v) is 6.44. The van der Waals surface area contributed by atoms with Crippen LogP contribution in [0.3, 0.4) is 0 Å². The van der Waals surface area contributed by atoms with Gasteiger partial charge in [0.25, 0.3) is 0 Å². The number of unbranched alkanes of at least 4 members (excludes halogenated alkanes) is 2. The average molecular weight is 244 g/mol. The highest BCUT2D eigenvalue weighted by Crippen LogP contribution is 2.17. The second-order valence-corrected chi connectivity index (χ2v) is 4.42. The van der Waals surface area contributed by atoms with E-state index in [1.54, 1.807) is 6.20 Å². The summed E-state index contributed by atoms with van der Waals surface area (Å²) in [7, 11) is 0. The number of aromatic nitrogens is 1. The molecule has 1 aromatic heterocycles. The Labute approximate surface area is 109 Å². The van der Waals surface area contributed by atoms with Crippen molar-refractivity contribution in [3.05, 3.63) is 36.5 Å². The van der Waals surface area contributed by atoms with Gasteiger partial charge in [-0.1, -0.05) is 31.9 Å². The average Bonchev–Trinajstić information content (AvgIpc) is 2.39. The lowest BCUT2D eigenvalue weighted by Gasteiger charge is -2.06. The number of nitrogens with zero attached hydrogens (tertiary/aromatic N) is 1. The van der Waals surface area contributed by atoms with Gasteiger partial charge in [-0.25, -0.2) is 0 Å². The summed E-state index contributed by atoms with van der Waals surface area (Å²) in [6, 6.07) is 9.72. The van der Waals surface area contributed by atoms with Crippen molar-refractivity contribution in [1.82, 2.24) is 4.98 Å². The molecular formula is C15H20N2O. The van der Waals surface area contributed by atoms with Crippen molar-refractivity contribution in [3.8, 4) is 0 Å². The molecule has 0 saturated carbocycles. The van der Waals surface area contributed by atoms with Crippen LogP contribution in [-0.2, 0) is 4.79 Å². The minimum Gasteiger partial charge on any atom is -0.326 e. The quantitative estimate of drug-likeness (QED) is 0.808. The maximum Gasteiger partial charge on any atom is 0.224 e. The molecule has 0 bridgehead atoms. The Balaban J connectivity index is 0.00000180. The molecule has 96 valence electrons. The first-order chi connectivity index (χ1) is 8.79. The number of rotatable bonds is 5. The van der Waals surface area contributed by atoms with Crippen LogP contribution in [0.5, 0.6) is 0 Å². The molecule has 3 nitrogen and oxygen atoms in total. The van der Waals surface area contributed by atoms with Crippen molar-refractivity contribution in [1.29, 1.82) is 0 Å². The summed E-state index contributed by atoms with van der Waals surface area (Å²) in [5, 5.41) is 4.00. The largest absolute Gasteiger partial charge is 0.326 e. The van der Waals surface area contributed by atoms with Gasteiger partial charge in [0, 0.05) is 25.1 Å². The summed E-state index contributed by atoms with van der Waals surface area (Å²) in [5.41, 5.74) is 1.73. The van der Waals surface area contributed by atoms with Crippen molar-refractivity contribution in [2.75, 3.05) is 5.32 Å². The van der Waals surface area contributed by atoms with Gasteiger partial charge in [0.15, 0.2) is 0 Å². The molecule has 1 aromatic carbocycles. The molecule has 0 fully saturated rings. The Bertz CT molecular complexity index is 542. The second-order valence-electron chi connectivity index (χ2n) is 4.42. The molecule has 1 N–H and O–H groups in total. The van der Waals surface area contributed by atoms with E-state index in [-0.39, 0.29) is 7.33 Å². The van der Waals surface area contributed by atoms with E-state index in [1.165, 1.54) is 0 Å². The molecule has 0 spiro atoms. The number of fused-ring (bicyclic) bond motifs is 1. The van der Waals surface area contributed by atoms with Crippen molar-refractivity contribution in [3.63, 3.8) is 0 Å². The number of hydrogen-bond acceptors (Lipinski definition) is 2. The number of anilines is 1. The molecule has 0 aliphatic carbocycles. The molecule has 2 rings (SSSR count). The topological polar surface area (TPSA) is 42.0 Å². The van der Waals surface area contributed by atoms with E-state index in [1.807, 2.05) is 30.3 Å². The number of carbonyl (C=O) groups is 1. The number of benzene rings is 1. The van der Waals surface area contributed by atoms with E-state index < -0.39 is 0 Å². The molecule has 0 aliphatic heterocycles. The van der Waals surface area contributed by atoms with E-state index in [2.05, 4.69) is 17.2 Å². The van der Waals surface area contributed by atoms with Gasteiger partial charge in [-0.05, 0) is 24.6 Å². The summed E-state index contributed by atoms with van der Waals surface area (Å²) in [6.07, 6.45) is 5.54. The summed E-state index contributed by atoms with van der Waals surface area (Å²) < 4.78 is 0. The molecule has 0 aliphatic rings. The van der Waals surface area contributed by atoms with Gasteiger partial charge in [0.05, 0.1) is 5.52 Å².